The summed E-state index contributed by atoms with van der Waals surface area (Å²) in [6.45, 7) is 2.12. The highest BCUT2D eigenvalue weighted by atomic mass is 16.3. The zero-order valence-electron chi connectivity index (χ0n) is 9.61. The summed E-state index contributed by atoms with van der Waals surface area (Å²) in [6, 6.07) is 5.50. The third-order valence-corrected chi connectivity index (χ3v) is 2.59. The number of nitrogens with two attached hydrogens (primary N) is 1. The molecule has 0 saturated carbocycles. The summed E-state index contributed by atoms with van der Waals surface area (Å²) in [5.74, 6) is 1.12. The SMILES string of the molecule is CC(CCO)n1cnnc1-c1cccc(N)n1. The molecule has 0 saturated heterocycles. The van der Waals surface area contributed by atoms with Crippen molar-refractivity contribution in [2.24, 2.45) is 0 Å². The molecule has 2 rings (SSSR count). The molecule has 17 heavy (non-hydrogen) atoms. The Bertz CT molecular complexity index is 496. The summed E-state index contributed by atoms with van der Waals surface area (Å²) in [6.07, 6.45) is 2.29. The van der Waals surface area contributed by atoms with Crippen LogP contribution in [0.2, 0.25) is 0 Å². The van der Waals surface area contributed by atoms with Gasteiger partial charge in [0.15, 0.2) is 5.82 Å². The van der Waals surface area contributed by atoms with Gasteiger partial charge in [-0.25, -0.2) is 4.98 Å². The molecule has 0 aliphatic carbocycles. The molecule has 0 aromatic carbocycles. The maximum absolute atomic E-state index is 8.95. The summed E-state index contributed by atoms with van der Waals surface area (Å²) < 4.78 is 1.89. The first-order valence-corrected chi connectivity index (χ1v) is 5.45. The number of nitrogen functional groups attached to an aromatic ring is 1. The maximum atomic E-state index is 8.95. The third-order valence-electron chi connectivity index (χ3n) is 2.59. The number of aliphatic hydroxyl groups excluding tert-OH is 1. The smallest absolute Gasteiger partial charge is 0.182 e. The lowest BCUT2D eigenvalue weighted by Crippen LogP contribution is -2.08. The Kier molecular flexibility index (Phi) is 3.34. The highest BCUT2D eigenvalue weighted by molar-refractivity contribution is 5.52. The third kappa shape index (κ3) is 2.42. The van der Waals surface area contributed by atoms with Gasteiger partial charge in [-0.3, -0.25) is 0 Å². The monoisotopic (exact) mass is 233 g/mol. The first-order chi connectivity index (χ1) is 8.22. The number of aliphatic hydroxyl groups is 1. The van der Waals surface area contributed by atoms with Crippen LogP contribution in [0.1, 0.15) is 19.4 Å². The van der Waals surface area contributed by atoms with Crippen LogP contribution in [0.4, 0.5) is 5.82 Å². The topological polar surface area (TPSA) is 89.8 Å². The second kappa shape index (κ2) is 4.92. The second-order valence-electron chi connectivity index (χ2n) is 3.87. The fourth-order valence-corrected chi connectivity index (χ4v) is 1.65. The largest absolute Gasteiger partial charge is 0.396 e. The average Bonchev–Trinajstić information content (AvgIpc) is 2.78. The Hall–Kier alpha value is -1.95. The zero-order chi connectivity index (χ0) is 12.3. The van der Waals surface area contributed by atoms with Crippen molar-refractivity contribution >= 4 is 5.82 Å². The number of nitrogens with zero attached hydrogens (tertiary/aromatic N) is 4. The van der Waals surface area contributed by atoms with Crippen LogP contribution in [-0.2, 0) is 0 Å². The van der Waals surface area contributed by atoms with Gasteiger partial charge in [-0.1, -0.05) is 6.07 Å². The lowest BCUT2D eigenvalue weighted by atomic mass is 10.2. The Morgan fingerprint density at radius 1 is 1.47 bits per heavy atom. The molecule has 1 unspecified atom stereocenters. The van der Waals surface area contributed by atoms with E-state index in [1.165, 1.54) is 0 Å². The fourth-order valence-electron chi connectivity index (χ4n) is 1.65. The van der Waals surface area contributed by atoms with Gasteiger partial charge in [0.25, 0.3) is 0 Å². The molecular weight excluding hydrogens is 218 g/mol. The molecule has 0 bridgehead atoms. The van der Waals surface area contributed by atoms with E-state index in [0.29, 0.717) is 23.8 Å². The summed E-state index contributed by atoms with van der Waals surface area (Å²) >= 11 is 0. The van der Waals surface area contributed by atoms with Crippen LogP contribution >= 0.6 is 0 Å². The molecule has 2 aromatic heterocycles. The van der Waals surface area contributed by atoms with E-state index in [9.17, 15) is 0 Å². The number of rotatable bonds is 4. The molecule has 2 heterocycles. The lowest BCUT2D eigenvalue weighted by Gasteiger charge is -2.13. The van der Waals surface area contributed by atoms with Crippen LogP contribution in [0.15, 0.2) is 24.5 Å². The summed E-state index contributed by atoms with van der Waals surface area (Å²) in [5, 5.41) is 16.9. The van der Waals surface area contributed by atoms with E-state index in [1.54, 1.807) is 12.4 Å². The van der Waals surface area contributed by atoms with Crippen LogP contribution in [-0.4, -0.2) is 31.5 Å². The first-order valence-electron chi connectivity index (χ1n) is 5.45. The maximum Gasteiger partial charge on any atom is 0.182 e. The van der Waals surface area contributed by atoms with Crippen LogP contribution in [0, 0.1) is 0 Å². The normalized spacial score (nSPS) is 12.6. The van der Waals surface area contributed by atoms with Gasteiger partial charge in [-0.15, -0.1) is 10.2 Å². The fraction of sp³-hybridized carbons (Fsp3) is 0.364. The molecule has 90 valence electrons. The Morgan fingerprint density at radius 3 is 3.00 bits per heavy atom. The van der Waals surface area contributed by atoms with Crippen molar-refractivity contribution in [3.05, 3.63) is 24.5 Å². The van der Waals surface area contributed by atoms with Gasteiger partial charge in [0.1, 0.15) is 17.8 Å². The summed E-state index contributed by atoms with van der Waals surface area (Å²) in [5.41, 5.74) is 6.33. The quantitative estimate of drug-likeness (QED) is 0.817. The van der Waals surface area contributed by atoms with E-state index in [1.807, 2.05) is 23.6 Å². The van der Waals surface area contributed by atoms with Crippen molar-refractivity contribution in [3.8, 4) is 11.5 Å². The number of aromatic nitrogens is 4. The highest BCUT2D eigenvalue weighted by Gasteiger charge is 2.13. The molecule has 0 aliphatic heterocycles. The minimum Gasteiger partial charge on any atom is -0.396 e. The molecule has 6 heteroatoms. The average molecular weight is 233 g/mol. The zero-order valence-corrected chi connectivity index (χ0v) is 9.61. The predicted octanol–water partition coefficient (Wildman–Crippen LogP) is 0.866. The Morgan fingerprint density at radius 2 is 2.29 bits per heavy atom. The van der Waals surface area contributed by atoms with Gasteiger partial charge in [-0.2, -0.15) is 0 Å². The van der Waals surface area contributed by atoms with Gasteiger partial charge in [-0.05, 0) is 25.5 Å². The molecule has 0 amide bonds. The van der Waals surface area contributed by atoms with E-state index >= 15 is 0 Å². The lowest BCUT2D eigenvalue weighted by molar-refractivity contribution is 0.263. The van der Waals surface area contributed by atoms with Crippen molar-refractivity contribution in [2.45, 2.75) is 19.4 Å². The first kappa shape index (κ1) is 11.5. The van der Waals surface area contributed by atoms with E-state index in [-0.39, 0.29) is 12.6 Å². The van der Waals surface area contributed by atoms with Crippen molar-refractivity contribution < 1.29 is 5.11 Å². The number of hydrogen-bond acceptors (Lipinski definition) is 5. The van der Waals surface area contributed by atoms with E-state index in [0.717, 1.165) is 0 Å². The van der Waals surface area contributed by atoms with Gasteiger partial charge >= 0.3 is 0 Å². The Balaban J connectivity index is 2.36. The molecule has 0 aliphatic rings. The van der Waals surface area contributed by atoms with Crippen molar-refractivity contribution in [1.29, 1.82) is 0 Å². The van der Waals surface area contributed by atoms with Crippen molar-refractivity contribution in [2.75, 3.05) is 12.3 Å². The van der Waals surface area contributed by atoms with Crippen LogP contribution in [0.3, 0.4) is 0 Å². The van der Waals surface area contributed by atoms with Gasteiger partial charge in [0, 0.05) is 12.6 Å². The molecule has 0 radical (unpaired) electrons. The van der Waals surface area contributed by atoms with Crippen molar-refractivity contribution in [3.63, 3.8) is 0 Å². The molecule has 6 nitrogen and oxygen atoms in total. The number of anilines is 1. The summed E-state index contributed by atoms with van der Waals surface area (Å²) in [7, 11) is 0. The van der Waals surface area contributed by atoms with E-state index in [4.69, 9.17) is 10.8 Å². The van der Waals surface area contributed by atoms with Crippen LogP contribution in [0.25, 0.3) is 11.5 Å². The van der Waals surface area contributed by atoms with Gasteiger partial charge < -0.3 is 15.4 Å². The molecule has 1 atom stereocenters. The summed E-state index contributed by atoms with van der Waals surface area (Å²) in [4.78, 5) is 4.21. The van der Waals surface area contributed by atoms with E-state index < -0.39 is 0 Å². The molecule has 0 spiro atoms. The van der Waals surface area contributed by atoms with Crippen LogP contribution in [0.5, 0.6) is 0 Å². The second-order valence-corrected chi connectivity index (χ2v) is 3.87. The van der Waals surface area contributed by atoms with Gasteiger partial charge in [0.2, 0.25) is 0 Å². The highest BCUT2D eigenvalue weighted by Crippen LogP contribution is 2.20. The number of hydrogen-bond donors (Lipinski definition) is 2. The minimum absolute atomic E-state index is 0.119. The van der Waals surface area contributed by atoms with Gasteiger partial charge in [0.05, 0.1) is 0 Å². The minimum atomic E-state index is 0.119. The molecule has 2 aromatic rings. The van der Waals surface area contributed by atoms with Crippen molar-refractivity contribution in [1.82, 2.24) is 19.7 Å². The molecule has 0 fully saturated rings. The Labute approximate surface area is 99.1 Å². The molecular formula is C11H15N5O. The van der Waals surface area contributed by atoms with Crippen LogP contribution < -0.4 is 5.73 Å². The van der Waals surface area contributed by atoms with E-state index in [2.05, 4.69) is 15.2 Å². The standard InChI is InChI=1S/C11H15N5O/c1-8(5-6-17)16-7-13-15-11(16)9-3-2-4-10(12)14-9/h2-4,7-8,17H,5-6H2,1H3,(H2,12,14). The molecule has 3 N–H and O–H groups in total. The predicted molar refractivity (Wildman–Crippen MR) is 64.1 cm³/mol. The number of pyridine rings is 1.